The van der Waals surface area contributed by atoms with Gasteiger partial charge in [0.1, 0.15) is 19.5 Å². The molecule has 0 bridgehead atoms. The zero-order chi connectivity index (χ0) is 7.11. The first-order valence-electron chi connectivity index (χ1n) is 2.53. The van der Waals surface area contributed by atoms with Crippen molar-refractivity contribution in [2.24, 2.45) is 0 Å². The maximum Gasteiger partial charge on any atom is 0.245 e. The van der Waals surface area contributed by atoms with Crippen LogP contribution in [0, 0.1) is 0 Å². The summed E-state index contributed by atoms with van der Waals surface area (Å²) >= 11 is 0. The Kier molecular flexibility index (Phi) is 9.59. The normalized spacial score (nSPS) is 7.70. The summed E-state index contributed by atoms with van der Waals surface area (Å²) in [4.78, 5) is 20.0. The molecule has 0 aromatic rings. The Hall–Kier alpha value is -0.900. The van der Waals surface area contributed by atoms with Crippen molar-refractivity contribution in [3.63, 3.8) is 0 Å². The number of nitrogens with one attached hydrogen (secondary N) is 1. The van der Waals surface area contributed by atoms with Gasteiger partial charge in [0.15, 0.2) is 0 Å². The van der Waals surface area contributed by atoms with Crippen LogP contribution in [0.1, 0.15) is 7.43 Å². The van der Waals surface area contributed by atoms with Gasteiger partial charge in [0, 0.05) is 7.05 Å². The molecule has 0 aliphatic rings. The van der Waals surface area contributed by atoms with Gasteiger partial charge in [-0.1, -0.05) is 7.43 Å². The Bertz CT molecular complexity index is 103. The third-order valence-corrected chi connectivity index (χ3v) is 0.698. The fourth-order valence-electron chi connectivity index (χ4n) is 0.272. The topological polar surface area (TPSA) is 55.4 Å². The van der Waals surface area contributed by atoms with Gasteiger partial charge in [-0.2, -0.15) is 0 Å². The highest BCUT2D eigenvalue weighted by Gasteiger charge is 1.94. The number of ether oxygens (including phenoxy) is 1. The van der Waals surface area contributed by atoms with Crippen LogP contribution in [0.3, 0.4) is 0 Å². The summed E-state index contributed by atoms with van der Waals surface area (Å²) in [6.07, 6.45) is 0.600. The van der Waals surface area contributed by atoms with E-state index in [9.17, 15) is 9.59 Å². The number of carbonyl (C=O) groups is 2. The molecular formula is C6H13NO3. The highest BCUT2D eigenvalue weighted by Crippen LogP contribution is 1.69. The van der Waals surface area contributed by atoms with Gasteiger partial charge in [-0.05, 0) is 0 Å². The minimum atomic E-state index is -0.225. The zero-order valence-electron chi connectivity index (χ0n) is 5.22. The lowest BCUT2D eigenvalue weighted by Gasteiger charge is -1.96. The SMILES string of the molecule is C.CNC(=O)COCC=O. The largest absolute Gasteiger partial charge is 0.364 e. The third kappa shape index (κ3) is 7.10. The van der Waals surface area contributed by atoms with Gasteiger partial charge < -0.3 is 14.8 Å². The Morgan fingerprint density at radius 1 is 1.70 bits per heavy atom. The fourth-order valence-corrected chi connectivity index (χ4v) is 0.272. The number of amides is 1. The highest BCUT2D eigenvalue weighted by molar-refractivity contribution is 5.76. The number of likely N-dealkylation sites (N-methyl/N-ethyl adjacent to an activating group) is 1. The minimum absolute atomic E-state index is 0. The molecule has 0 unspecified atom stereocenters. The average Bonchev–Trinajstić information content (AvgIpc) is 1.89. The van der Waals surface area contributed by atoms with Crippen molar-refractivity contribution >= 4 is 12.2 Å². The number of hydrogen-bond acceptors (Lipinski definition) is 3. The van der Waals surface area contributed by atoms with Crippen LogP contribution in [0.2, 0.25) is 0 Å². The molecule has 4 heteroatoms. The van der Waals surface area contributed by atoms with Gasteiger partial charge in [0.25, 0.3) is 0 Å². The van der Waals surface area contributed by atoms with Crippen LogP contribution in [-0.2, 0) is 14.3 Å². The van der Waals surface area contributed by atoms with Crippen LogP contribution in [0.25, 0.3) is 0 Å². The molecule has 0 aliphatic heterocycles. The Balaban J connectivity index is 0. The maximum absolute atomic E-state index is 10.3. The molecule has 4 nitrogen and oxygen atoms in total. The molecule has 1 N–H and O–H groups in total. The van der Waals surface area contributed by atoms with Crippen molar-refractivity contribution in [2.45, 2.75) is 7.43 Å². The third-order valence-electron chi connectivity index (χ3n) is 0.698. The molecule has 0 spiro atoms. The zero-order valence-corrected chi connectivity index (χ0v) is 5.22. The van der Waals surface area contributed by atoms with Crippen LogP contribution >= 0.6 is 0 Å². The second-order valence-corrected chi connectivity index (χ2v) is 1.35. The first-order valence-corrected chi connectivity index (χ1v) is 2.53. The summed E-state index contributed by atoms with van der Waals surface area (Å²) in [7, 11) is 1.51. The molecule has 10 heavy (non-hydrogen) atoms. The highest BCUT2D eigenvalue weighted by atomic mass is 16.5. The van der Waals surface area contributed by atoms with Gasteiger partial charge in [-0.3, -0.25) is 4.79 Å². The van der Waals surface area contributed by atoms with E-state index < -0.39 is 0 Å². The van der Waals surface area contributed by atoms with Gasteiger partial charge in [-0.25, -0.2) is 0 Å². The van der Waals surface area contributed by atoms with E-state index in [4.69, 9.17) is 0 Å². The fraction of sp³-hybridized carbons (Fsp3) is 0.667. The first kappa shape index (κ1) is 11.8. The molecule has 1 amide bonds. The Morgan fingerprint density at radius 2 is 2.30 bits per heavy atom. The van der Waals surface area contributed by atoms with E-state index in [0.717, 1.165) is 0 Å². The molecule has 0 rings (SSSR count). The van der Waals surface area contributed by atoms with Crippen LogP contribution in [-0.4, -0.2) is 32.5 Å². The molecule has 60 valence electrons. The van der Waals surface area contributed by atoms with Crippen LogP contribution in [0.5, 0.6) is 0 Å². The number of carbonyl (C=O) groups excluding carboxylic acids is 2. The van der Waals surface area contributed by atoms with E-state index in [-0.39, 0.29) is 26.5 Å². The minimum Gasteiger partial charge on any atom is -0.364 e. The van der Waals surface area contributed by atoms with Crippen molar-refractivity contribution in [2.75, 3.05) is 20.3 Å². The molecule has 0 radical (unpaired) electrons. The van der Waals surface area contributed by atoms with Gasteiger partial charge in [0.05, 0.1) is 0 Å². The summed E-state index contributed by atoms with van der Waals surface area (Å²) in [6, 6.07) is 0. The smallest absolute Gasteiger partial charge is 0.245 e. The molecule has 0 aliphatic carbocycles. The Labute approximate surface area is 60.6 Å². The van der Waals surface area contributed by atoms with E-state index in [1.165, 1.54) is 7.05 Å². The molecule has 0 saturated heterocycles. The lowest BCUT2D eigenvalue weighted by atomic mass is 10.6. The van der Waals surface area contributed by atoms with E-state index in [2.05, 4.69) is 10.1 Å². The predicted molar refractivity (Wildman–Crippen MR) is 37.7 cm³/mol. The number of aldehydes is 1. The van der Waals surface area contributed by atoms with Crippen LogP contribution < -0.4 is 5.32 Å². The number of rotatable bonds is 4. The van der Waals surface area contributed by atoms with Gasteiger partial charge in [-0.15, -0.1) is 0 Å². The molecule has 0 fully saturated rings. The van der Waals surface area contributed by atoms with E-state index in [1.807, 2.05) is 0 Å². The molecule has 0 aromatic heterocycles. The summed E-state index contributed by atoms with van der Waals surface area (Å²) < 4.78 is 4.56. The predicted octanol–water partition coefficient (Wildman–Crippen LogP) is -0.416. The lowest BCUT2D eigenvalue weighted by Crippen LogP contribution is -2.23. The molecule has 0 aromatic carbocycles. The maximum atomic E-state index is 10.3. The summed E-state index contributed by atoms with van der Waals surface area (Å²) in [5, 5.41) is 2.34. The van der Waals surface area contributed by atoms with E-state index >= 15 is 0 Å². The molecule has 0 heterocycles. The second-order valence-electron chi connectivity index (χ2n) is 1.35. The molecule has 0 saturated carbocycles. The second kappa shape index (κ2) is 8.10. The molecule has 0 atom stereocenters. The van der Waals surface area contributed by atoms with Crippen molar-refractivity contribution < 1.29 is 14.3 Å². The van der Waals surface area contributed by atoms with Crippen LogP contribution in [0.15, 0.2) is 0 Å². The van der Waals surface area contributed by atoms with Crippen molar-refractivity contribution in [1.29, 1.82) is 0 Å². The van der Waals surface area contributed by atoms with E-state index in [0.29, 0.717) is 6.29 Å². The quantitative estimate of drug-likeness (QED) is 0.434. The summed E-state index contributed by atoms with van der Waals surface area (Å²) in [6.45, 7) is -0.0668. The van der Waals surface area contributed by atoms with Crippen LogP contribution in [0.4, 0.5) is 0 Å². The van der Waals surface area contributed by atoms with Crippen molar-refractivity contribution in [1.82, 2.24) is 5.32 Å². The van der Waals surface area contributed by atoms with Crippen molar-refractivity contribution in [3.8, 4) is 0 Å². The van der Waals surface area contributed by atoms with Crippen molar-refractivity contribution in [3.05, 3.63) is 0 Å². The van der Waals surface area contributed by atoms with Gasteiger partial charge >= 0.3 is 0 Å². The Morgan fingerprint density at radius 3 is 2.70 bits per heavy atom. The monoisotopic (exact) mass is 147 g/mol. The van der Waals surface area contributed by atoms with E-state index in [1.54, 1.807) is 0 Å². The van der Waals surface area contributed by atoms with Gasteiger partial charge in [0.2, 0.25) is 5.91 Å². The number of hydrogen-bond donors (Lipinski definition) is 1. The standard InChI is InChI=1S/C5H9NO3.CH4/c1-6-5(8)4-9-3-2-7;/h2H,3-4H2,1H3,(H,6,8);1H4. The summed E-state index contributed by atoms with van der Waals surface area (Å²) in [5.41, 5.74) is 0. The summed E-state index contributed by atoms with van der Waals surface area (Å²) in [5.74, 6) is -0.225. The molecular weight excluding hydrogens is 134 g/mol. The first-order chi connectivity index (χ1) is 4.31. The average molecular weight is 147 g/mol. The lowest BCUT2D eigenvalue weighted by molar-refractivity contribution is -0.126.